The summed E-state index contributed by atoms with van der Waals surface area (Å²) in [6.07, 6.45) is -3.84. The summed E-state index contributed by atoms with van der Waals surface area (Å²) < 4.78 is 43.0. The van der Waals surface area contributed by atoms with Crippen LogP contribution >= 0.6 is 0 Å². The molecule has 0 aliphatic rings. The summed E-state index contributed by atoms with van der Waals surface area (Å²) >= 11 is 0. The first-order valence-corrected chi connectivity index (χ1v) is 6.73. The fourth-order valence-corrected chi connectivity index (χ4v) is 2.10. The molecule has 2 nitrogen and oxygen atoms in total. The summed E-state index contributed by atoms with van der Waals surface area (Å²) in [5.74, 6) is 0.373. The van der Waals surface area contributed by atoms with Crippen LogP contribution in [0.2, 0.25) is 0 Å². The number of Topliss-reactive ketones (excluding diaryl/α,β-unsaturated/α-hetero) is 1. The average Bonchev–Trinajstić information content (AvgIpc) is 2.52. The van der Waals surface area contributed by atoms with Crippen LogP contribution < -0.4 is 4.74 Å². The van der Waals surface area contributed by atoms with Gasteiger partial charge >= 0.3 is 6.18 Å². The zero-order valence-corrected chi connectivity index (χ0v) is 12.0. The maximum atomic E-state index is 12.6. The van der Waals surface area contributed by atoms with Gasteiger partial charge in [-0.25, -0.2) is 0 Å². The Morgan fingerprint density at radius 3 is 2.50 bits per heavy atom. The summed E-state index contributed by atoms with van der Waals surface area (Å²) in [5.41, 5.74) is 0.178. The molecule has 0 fully saturated rings. The second kappa shape index (κ2) is 6.64. The normalized spacial score (nSPS) is 11.3. The third kappa shape index (κ3) is 4.10. The summed E-state index contributed by atoms with van der Waals surface area (Å²) in [4.78, 5) is 12.1. The van der Waals surface area contributed by atoms with Gasteiger partial charge in [-0.2, -0.15) is 13.2 Å². The van der Waals surface area contributed by atoms with E-state index in [0.717, 1.165) is 17.7 Å². The summed E-state index contributed by atoms with van der Waals surface area (Å²) in [6, 6.07) is 11.8. The predicted molar refractivity (Wildman–Crippen MR) is 77.1 cm³/mol. The molecule has 116 valence electrons. The van der Waals surface area contributed by atoms with Crippen LogP contribution in [0.15, 0.2) is 48.5 Å². The molecule has 0 atom stereocenters. The van der Waals surface area contributed by atoms with Crippen molar-refractivity contribution in [3.63, 3.8) is 0 Å². The molecular weight excluding hydrogens is 293 g/mol. The van der Waals surface area contributed by atoms with Gasteiger partial charge in [-0.15, -0.1) is 0 Å². The van der Waals surface area contributed by atoms with Gasteiger partial charge in [0.1, 0.15) is 5.75 Å². The number of alkyl halides is 3. The first-order chi connectivity index (χ1) is 10.4. The Bertz CT molecular complexity index is 663. The lowest BCUT2D eigenvalue weighted by molar-refractivity contribution is -0.137. The number of halogens is 3. The van der Waals surface area contributed by atoms with Crippen molar-refractivity contribution in [2.45, 2.75) is 19.0 Å². The second-order valence-corrected chi connectivity index (χ2v) is 4.85. The highest BCUT2D eigenvalue weighted by molar-refractivity contribution is 5.96. The van der Waals surface area contributed by atoms with E-state index in [4.69, 9.17) is 4.74 Å². The molecule has 0 aliphatic carbocycles. The number of aryl methyl sites for hydroxylation is 1. The number of benzene rings is 2. The zero-order chi connectivity index (χ0) is 16.2. The molecule has 0 radical (unpaired) electrons. The molecule has 2 aromatic carbocycles. The van der Waals surface area contributed by atoms with E-state index in [0.29, 0.717) is 12.2 Å². The molecular formula is C17H15F3O2. The molecule has 0 aromatic heterocycles. The molecule has 2 aromatic rings. The van der Waals surface area contributed by atoms with Gasteiger partial charge in [0.15, 0.2) is 5.78 Å². The first kappa shape index (κ1) is 16.1. The van der Waals surface area contributed by atoms with Gasteiger partial charge in [-0.3, -0.25) is 4.79 Å². The number of hydrogen-bond acceptors (Lipinski definition) is 2. The highest BCUT2D eigenvalue weighted by Gasteiger charge is 2.30. The van der Waals surface area contributed by atoms with Crippen LogP contribution in [-0.2, 0) is 12.6 Å². The van der Waals surface area contributed by atoms with Crippen molar-refractivity contribution in [3.8, 4) is 5.75 Å². The van der Waals surface area contributed by atoms with E-state index in [1.54, 1.807) is 19.2 Å². The fourth-order valence-electron chi connectivity index (χ4n) is 2.10. The Labute approximate surface area is 126 Å². The Morgan fingerprint density at radius 1 is 1.09 bits per heavy atom. The van der Waals surface area contributed by atoms with Crippen LogP contribution in [0, 0.1) is 0 Å². The van der Waals surface area contributed by atoms with Crippen molar-refractivity contribution in [1.82, 2.24) is 0 Å². The number of carbonyl (C=O) groups is 1. The van der Waals surface area contributed by atoms with Crippen molar-refractivity contribution >= 4 is 5.78 Å². The summed E-state index contributed by atoms with van der Waals surface area (Å²) in [7, 11) is 1.55. The smallest absolute Gasteiger partial charge is 0.416 e. The van der Waals surface area contributed by atoms with E-state index >= 15 is 0 Å². The molecule has 22 heavy (non-hydrogen) atoms. The van der Waals surface area contributed by atoms with Gasteiger partial charge in [0.2, 0.25) is 0 Å². The van der Waals surface area contributed by atoms with E-state index < -0.39 is 11.7 Å². The van der Waals surface area contributed by atoms with E-state index in [1.165, 1.54) is 12.1 Å². The predicted octanol–water partition coefficient (Wildman–Crippen LogP) is 4.53. The number of rotatable bonds is 5. The van der Waals surface area contributed by atoms with Gasteiger partial charge in [0, 0.05) is 12.0 Å². The lowest BCUT2D eigenvalue weighted by Gasteiger charge is -2.08. The van der Waals surface area contributed by atoms with Gasteiger partial charge < -0.3 is 4.74 Å². The quantitative estimate of drug-likeness (QED) is 0.759. The average molecular weight is 308 g/mol. The lowest BCUT2D eigenvalue weighted by atomic mass is 10.0. The summed E-state index contributed by atoms with van der Waals surface area (Å²) in [5, 5.41) is 0. The molecule has 0 heterocycles. The molecule has 0 amide bonds. The molecule has 0 spiro atoms. The van der Waals surface area contributed by atoms with E-state index in [1.807, 2.05) is 12.1 Å². The van der Waals surface area contributed by atoms with E-state index in [2.05, 4.69) is 0 Å². The maximum Gasteiger partial charge on any atom is 0.416 e. The molecule has 0 bridgehead atoms. The zero-order valence-electron chi connectivity index (χ0n) is 12.0. The van der Waals surface area contributed by atoms with Gasteiger partial charge in [-0.1, -0.05) is 24.3 Å². The minimum Gasteiger partial charge on any atom is -0.497 e. The minimum atomic E-state index is -4.44. The van der Waals surface area contributed by atoms with E-state index in [9.17, 15) is 18.0 Å². The van der Waals surface area contributed by atoms with Crippen molar-refractivity contribution in [3.05, 3.63) is 65.2 Å². The largest absolute Gasteiger partial charge is 0.497 e. The molecule has 5 heteroatoms. The Kier molecular flexibility index (Phi) is 4.85. The van der Waals surface area contributed by atoms with Gasteiger partial charge in [0.05, 0.1) is 12.7 Å². The Balaban J connectivity index is 2.06. The molecule has 0 saturated carbocycles. The van der Waals surface area contributed by atoms with Crippen LogP contribution in [0.1, 0.15) is 27.9 Å². The molecule has 2 rings (SSSR count). The number of carbonyl (C=O) groups excluding carboxylic acids is 1. The SMILES string of the molecule is COc1cccc(CCC(=O)c2cccc(C(F)(F)F)c2)c1. The van der Waals surface area contributed by atoms with Crippen molar-refractivity contribution in [1.29, 1.82) is 0 Å². The molecule has 0 saturated heterocycles. The third-order valence-electron chi connectivity index (χ3n) is 3.29. The third-order valence-corrected chi connectivity index (χ3v) is 3.29. The highest BCUT2D eigenvalue weighted by Crippen LogP contribution is 2.29. The van der Waals surface area contributed by atoms with Crippen LogP contribution in [0.5, 0.6) is 5.75 Å². The minimum absolute atomic E-state index is 0.0812. The van der Waals surface area contributed by atoms with Crippen molar-refractivity contribution < 1.29 is 22.7 Å². The monoisotopic (exact) mass is 308 g/mol. The van der Waals surface area contributed by atoms with Crippen molar-refractivity contribution in [2.75, 3.05) is 7.11 Å². The molecule has 0 aliphatic heterocycles. The number of ether oxygens (including phenoxy) is 1. The lowest BCUT2D eigenvalue weighted by Crippen LogP contribution is -2.08. The Hall–Kier alpha value is -2.30. The number of hydrogen-bond donors (Lipinski definition) is 0. The standard InChI is InChI=1S/C17H15F3O2/c1-22-15-7-2-4-12(10-15)8-9-16(21)13-5-3-6-14(11-13)17(18,19)20/h2-7,10-11H,8-9H2,1H3. The van der Waals surface area contributed by atoms with Crippen molar-refractivity contribution in [2.24, 2.45) is 0 Å². The second-order valence-electron chi connectivity index (χ2n) is 4.85. The van der Waals surface area contributed by atoms with Gasteiger partial charge in [-0.05, 0) is 36.2 Å². The number of ketones is 1. The summed E-state index contributed by atoms with van der Waals surface area (Å²) in [6.45, 7) is 0. The maximum absolute atomic E-state index is 12.6. The van der Waals surface area contributed by atoms with Gasteiger partial charge in [0.25, 0.3) is 0 Å². The van der Waals surface area contributed by atoms with Crippen LogP contribution in [-0.4, -0.2) is 12.9 Å². The topological polar surface area (TPSA) is 26.3 Å². The highest BCUT2D eigenvalue weighted by atomic mass is 19.4. The number of methoxy groups -OCH3 is 1. The fraction of sp³-hybridized carbons (Fsp3) is 0.235. The Morgan fingerprint density at radius 2 is 1.82 bits per heavy atom. The van der Waals surface area contributed by atoms with Crippen LogP contribution in [0.25, 0.3) is 0 Å². The molecule has 0 N–H and O–H groups in total. The first-order valence-electron chi connectivity index (χ1n) is 6.73. The van der Waals surface area contributed by atoms with Crippen LogP contribution in [0.3, 0.4) is 0 Å². The molecule has 0 unspecified atom stereocenters. The van der Waals surface area contributed by atoms with Crippen LogP contribution in [0.4, 0.5) is 13.2 Å². The van der Waals surface area contributed by atoms with E-state index in [-0.39, 0.29) is 17.8 Å².